The van der Waals surface area contributed by atoms with Crippen LogP contribution in [0.3, 0.4) is 0 Å². The Kier molecular flexibility index (Phi) is 3.84. The van der Waals surface area contributed by atoms with Gasteiger partial charge in [0.25, 0.3) is 5.91 Å². The van der Waals surface area contributed by atoms with E-state index in [9.17, 15) is 9.59 Å². The minimum absolute atomic E-state index is 0.115. The Morgan fingerprint density at radius 1 is 1.41 bits per heavy atom. The van der Waals surface area contributed by atoms with Crippen molar-refractivity contribution >= 4 is 17.2 Å². The second-order valence-electron chi connectivity index (χ2n) is 4.54. The van der Waals surface area contributed by atoms with Crippen molar-refractivity contribution in [2.24, 2.45) is 7.05 Å². The summed E-state index contributed by atoms with van der Waals surface area (Å²) < 4.78 is 6.53. The molecule has 0 aliphatic heterocycles. The van der Waals surface area contributed by atoms with Gasteiger partial charge in [0.05, 0.1) is 11.4 Å². The number of hydrogen-bond donors (Lipinski definition) is 1. The zero-order valence-electron chi connectivity index (χ0n) is 11.6. The maximum absolute atomic E-state index is 11.8. The van der Waals surface area contributed by atoms with Gasteiger partial charge >= 0.3 is 0 Å². The highest BCUT2D eigenvalue weighted by Crippen LogP contribution is 2.14. The summed E-state index contributed by atoms with van der Waals surface area (Å²) in [6, 6.07) is 6.61. The van der Waals surface area contributed by atoms with Crippen LogP contribution < -0.4 is 10.9 Å². The molecule has 0 saturated carbocycles. The summed E-state index contributed by atoms with van der Waals surface area (Å²) in [7, 11) is 1.65. The Morgan fingerprint density at radius 2 is 2.27 bits per heavy atom. The first-order valence-corrected chi connectivity index (χ1v) is 7.33. The fourth-order valence-corrected chi connectivity index (χ4v) is 2.46. The Balaban J connectivity index is 1.70. The highest BCUT2D eigenvalue weighted by atomic mass is 32.1. The van der Waals surface area contributed by atoms with E-state index in [1.165, 1.54) is 22.0 Å². The number of aryl methyl sites for hydroxylation is 1. The van der Waals surface area contributed by atoms with Crippen LogP contribution in [0.2, 0.25) is 0 Å². The van der Waals surface area contributed by atoms with Crippen molar-refractivity contribution in [3.8, 4) is 11.4 Å². The van der Waals surface area contributed by atoms with Gasteiger partial charge in [-0.15, -0.1) is 11.3 Å². The third-order valence-electron chi connectivity index (χ3n) is 2.96. The number of carbonyl (C=O) groups is 1. The Morgan fingerprint density at radius 3 is 3.00 bits per heavy atom. The van der Waals surface area contributed by atoms with Crippen LogP contribution in [-0.2, 0) is 13.6 Å². The highest BCUT2D eigenvalue weighted by molar-refractivity contribution is 7.12. The predicted octanol–water partition coefficient (Wildman–Crippen LogP) is 1.43. The standard InChI is InChI=1S/C14H12N4O3S/c1-18-8-9(4-5-12(18)19)13-16-11(21-17-13)7-15-14(20)10-3-2-6-22-10/h2-6,8H,7H2,1H3,(H,15,20). The van der Waals surface area contributed by atoms with E-state index >= 15 is 0 Å². The average molecular weight is 316 g/mol. The van der Waals surface area contributed by atoms with E-state index in [1.54, 1.807) is 25.4 Å². The van der Waals surface area contributed by atoms with E-state index in [4.69, 9.17) is 4.52 Å². The molecule has 0 fully saturated rings. The number of pyridine rings is 1. The van der Waals surface area contributed by atoms with Crippen LogP contribution in [0.1, 0.15) is 15.6 Å². The third kappa shape index (κ3) is 2.96. The summed E-state index contributed by atoms with van der Waals surface area (Å²) in [5.74, 6) is 0.488. The van der Waals surface area contributed by atoms with Crippen molar-refractivity contribution < 1.29 is 9.32 Å². The molecule has 112 valence electrons. The number of nitrogens with one attached hydrogen (secondary N) is 1. The van der Waals surface area contributed by atoms with Gasteiger partial charge in [0.2, 0.25) is 17.3 Å². The van der Waals surface area contributed by atoms with Crippen LogP contribution in [0.25, 0.3) is 11.4 Å². The van der Waals surface area contributed by atoms with E-state index in [-0.39, 0.29) is 18.0 Å². The smallest absolute Gasteiger partial charge is 0.261 e. The molecule has 1 amide bonds. The normalized spacial score (nSPS) is 10.6. The first-order chi connectivity index (χ1) is 10.6. The SMILES string of the molecule is Cn1cc(-c2noc(CNC(=O)c3cccs3)n2)ccc1=O. The van der Waals surface area contributed by atoms with Gasteiger partial charge in [0.1, 0.15) is 0 Å². The van der Waals surface area contributed by atoms with Gasteiger partial charge in [-0.05, 0) is 17.5 Å². The van der Waals surface area contributed by atoms with Crippen molar-refractivity contribution in [1.29, 1.82) is 0 Å². The van der Waals surface area contributed by atoms with Crippen molar-refractivity contribution in [3.05, 3.63) is 57.0 Å². The van der Waals surface area contributed by atoms with Crippen LogP contribution in [0.4, 0.5) is 0 Å². The number of nitrogens with zero attached hydrogens (tertiary/aromatic N) is 3. The fourth-order valence-electron chi connectivity index (χ4n) is 1.82. The Hall–Kier alpha value is -2.74. The van der Waals surface area contributed by atoms with Crippen LogP contribution in [0, 0.1) is 0 Å². The quantitative estimate of drug-likeness (QED) is 0.786. The zero-order chi connectivity index (χ0) is 15.5. The zero-order valence-corrected chi connectivity index (χ0v) is 12.5. The molecule has 0 aliphatic rings. The lowest BCUT2D eigenvalue weighted by Crippen LogP contribution is -2.21. The lowest BCUT2D eigenvalue weighted by molar-refractivity contribution is 0.0950. The molecule has 0 bridgehead atoms. The number of amides is 1. The molecule has 8 heteroatoms. The molecule has 7 nitrogen and oxygen atoms in total. The van der Waals surface area contributed by atoms with E-state index in [0.29, 0.717) is 22.2 Å². The summed E-state index contributed by atoms with van der Waals surface area (Å²) >= 11 is 1.36. The highest BCUT2D eigenvalue weighted by Gasteiger charge is 2.11. The van der Waals surface area contributed by atoms with Gasteiger partial charge in [-0.25, -0.2) is 0 Å². The Labute approximate surface area is 129 Å². The first kappa shape index (κ1) is 14.2. The lowest BCUT2D eigenvalue weighted by Gasteiger charge is -1.99. The van der Waals surface area contributed by atoms with E-state index in [1.807, 2.05) is 11.4 Å². The first-order valence-electron chi connectivity index (χ1n) is 6.45. The molecule has 0 unspecified atom stereocenters. The van der Waals surface area contributed by atoms with Crippen molar-refractivity contribution in [2.75, 3.05) is 0 Å². The monoisotopic (exact) mass is 316 g/mol. The van der Waals surface area contributed by atoms with Gasteiger partial charge in [-0.3, -0.25) is 9.59 Å². The summed E-state index contributed by atoms with van der Waals surface area (Å²) in [6.07, 6.45) is 1.63. The van der Waals surface area contributed by atoms with E-state index in [2.05, 4.69) is 15.5 Å². The van der Waals surface area contributed by atoms with Gasteiger partial charge in [0.15, 0.2) is 0 Å². The van der Waals surface area contributed by atoms with Crippen LogP contribution >= 0.6 is 11.3 Å². The molecule has 22 heavy (non-hydrogen) atoms. The molecule has 0 aromatic carbocycles. The van der Waals surface area contributed by atoms with E-state index in [0.717, 1.165) is 0 Å². The molecule has 3 rings (SSSR count). The van der Waals surface area contributed by atoms with Gasteiger partial charge in [0, 0.05) is 24.9 Å². The minimum Gasteiger partial charge on any atom is -0.342 e. The molecular weight excluding hydrogens is 304 g/mol. The third-order valence-corrected chi connectivity index (χ3v) is 3.83. The molecule has 3 heterocycles. The molecule has 0 saturated heterocycles. The summed E-state index contributed by atoms with van der Waals surface area (Å²) in [4.78, 5) is 28.0. The fraction of sp³-hybridized carbons (Fsp3) is 0.143. The molecule has 0 aliphatic carbocycles. The van der Waals surface area contributed by atoms with Crippen molar-refractivity contribution in [3.63, 3.8) is 0 Å². The Bertz CT molecular complexity index is 851. The number of rotatable bonds is 4. The van der Waals surface area contributed by atoms with Gasteiger partial charge in [-0.1, -0.05) is 11.2 Å². The van der Waals surface area contributed by atoms with Crippen LogP contribution in [0.15, 0.2) is 45.2 Å². The molecule has 3 aromatic rings. The topological polar surface area (TPSA) is 90.0 Å². The molecule has 3 aromatic heterocycles. The molecule has 0 atom stereocenters. The number of carbonyl (C=O) groups excluding carboxylic acids is 1. The molecular formula is C14H12N4O3S. The van der Waals surface area contributed by atoms with Crippen LogP contribution in [0.5, 0.6) is 0 Å². The molecule has 0 spiro atoms. The van der Waals surface area contributed by atoms with Crippen molar-refractivity contribution in [2.45, 2.75) is 6.54 Å². The van der Waals surface area contributed by atoms with E-state index < -0.39 is 0 Å². The second-order valence-corrected chi connectivity index (χ2v) is 5.49. The summed E-state index contributed by atoms with van der Waals surface area (Å²) in [6.45, 7) is 0.148. The predicted molar refractivity (Wildman–Crippen MR) is 80.5 cm³/mol. The number of hydrogen-bond acceptors (Lipinski definition) is 6. The average Bonchev–Trinajstić information content (AvgIpc) is 3.19. The molecule has 1 N–H and O–H groups in total. The summed E-state index contributed by atoms with van der Waals surface area (Å²) in [5, 5.41) is 8.39. The van der Waals surface area contributed by atoms with Crippen molar-refractivity contribution in [1.82, 2.24) is 20.0 Å². The van der Waals surface area contributed by atoms with Gasteiger partial charge < -0.3 is 14.4 Å². The lowest BCUT2D eigenvalue weighted by atomic mass is 10.3. The number of aromatic nitrogens is 3. The minimum atomic E-state index is -0.183. The van der Waals surface area contributed by atoms with Gasteiger partial charge in [-0.2, -0.15) is 4.98 Å². The second kappa shape index (κ2) is 5.94. The largest absolute Gasteiger partial charge is 0.342 e. The summed E-state index contributed by atoms with van der Waals surface area (Å²) in [5.41, 5.74) is 0.553. The maximum atomic E-state index is 11.8. The molecule has 0 radical (unpaired) electrons. The van der Waals surface area contributed by atoms with Crippen LogP contribution in [-0.4, -0.2) is 20.6 Å². The maximum Gasteiger partial charge on any atom is 0.261 e. The number of thiophene rings is 1.